The molecule has 0 radical (unpaired) electrons. The zero-order valence-corrected chi connectivity index (χ0v) is 22.4. The zero-order chi connectivity index (χ0) is 27.8. The number of carbonyl (C=O) groups excluding carboxylic acids is 2. The van der Waals surface area contributed by atoms with E-state index < -0.39 is 17.8 Å². The van der Waals surface area contributed by atoms with E-state index in [0.717, 1.165) is 11.1 Å². The van der Waals surface area contributed by atoms with Crippen LogP contribution in [-0.4, -0.2) is 28.0 Å². The Labute approximate surface area is 234 Å². The molecule has 2 heterocycles. The summed E-state index contributed by atoms with van der Waals surface area (Å²) in [6, 6.07) is 22.1. The van der Waals surface area contributed by atoms with Crippen molar-refractivity contribution in [2.24, 2.45) is 0 Å². The number of hydrogen-bond acceptors (Lipinski definition) is 5. The minimum Gasteiger partial charge on any atom is -0.478 e. The van der Waals surface area contributed by atoms with Gasteiger partial charge in [-0.2, -0.15) is 0 Å². The molecule has 0 spiro atoms. The molecular weight excluding hydrogens is 536 g/mol. The van der Waals surface area contributed by atoms with Crippen molar-refractivity contribution in [1.82, 2.24) is 0 Å². The molecule has 1 aromatic heterocycles. The van der Waals surface area contributed by atoms with E-state index in [2.05, 4.69) is 0 Å². The first-order valence-electron chi connectivity index (χ1n) is 11.9. The molecule has 1 saturated heterocycles. The van der Waals surface area contributed by atoms with Crippen molar-refractivity contribution in [3.63, 3.8) is 0 Å². The first-order valence-corrected chi connectivity index (χ1v) is 12.6. The van der Waals surface area contributed by atoms with Gasteiger partial charge in [-0.25, -0.2) is 4.79 Å². The molecule has 5 rings (SSSR count). The summed E-state index contributed by atoms with van der Waals surface area (Å²) >= 11 is 11.8. The lowest BCUT2D eigenvalue weighted by Gasteiger charge is -2.36. The first-order chi connectivity index (χ1) is 18.7. The van der Waals surface area contributed by atoms with E-state index in [0.29, 0.717) is 22.7 Å². The van der Waals surface area contributed by atoms with E-state index in [9.17, 15) is 19.5 Å². The number of aromatic carboxylic acids is 1. The van der Waals surface area contributed by atoms with E-state index in [1.807, 2.05) is 32.0 Å². The SMILES string of the molecule is Cc1ccc(N2C(=O)/C(=C\c3ccc(-c4ccc(C(=O)O)c(Cl)c4)o3)C(=O)N(c3ccccc3)C2=S)cc1C. The molecule has 39 heavy (non-hydrogen) atoms. The maximum atomic E-state index is 13.8. The van der Waals surface area contributed by atoms with Crippen LogP contribution in [0.2, 0.25) is 5.02 Å². The molecule has 0 bridgehead atoms. The van der Waals surface area contributed by atoms with Gasteiger partial charge in [0.25, 0.3) is 11.8 Å². The molecule has 1 aliphatic heterocycles. The highest BCUT2D eigenvalue weighted by Crippen LogP contribution is 2.32. The maximum absolute atomic E-state index is 13.8. The highest BCUT2D eigenvalue weighted by molar-refractivity contribution is 7.81. The highest BCUT2D eigenvalue weighted by atomic mass is 35.5. The summed E-state index contributed by atoms with van der Waals surface area (Å²) < 4.78 is 5.91. The molecule has 9 heteroatoms. The Bertz CT molecular complexity index is 1690. The average Bonchev–Trinajstić information content (AvgIpc) is 3.38. The minimum absolute atomic E-state index is 0.0314. The fourth-order valence-corrected chi connectivity index (χ4v) is 4.83. The molecule has 1 fully saturated rings. The molecule has 0 unspecified atom stereocenters. The largest absolute Gasteiger partial charge is 0.478 e. The number of nitrogens with zero attached hydrogens (tertiary/aromatic N) is 2. The molecule has 4 aromatic rings. The van der Waals surface area contributed by atoms with Crippen LogP contribution in [0.3, 0.4) is 0 Å². The van der Waals surface area contributed by atoms with Crippen LogP contribution in [-0.2, 0) is 9.59 Å². The Balaban J connectivity index is 1.58. The summed E-state index contributed by atoms with van der Waals surface area (Å²) in [6.45, 7) is 3.91. The van der Waals surface area contributed by atoms with Gasteiger partial charge in [0, 0.05) is 5.56 Å². The number of furan rings is 1. The van der Waals surface area contributed by atoms with Crippen molar-refractivity contribution in [2.45, 2.75) is 13.8 Å². The van der Waals surface area contributed by atoms with Gasteiger partial charge in [0.2, 0.25) is 0 Å². The van der Waals surface area contributed by atoms with Crippen LogP contribution >= 0.6 is 23.8 Å². The third kappa shape index (κ3) is 4.87. The van der Waals surface area contributed by atoms with Crippen LogP contribution in [0.15, 0.2) is 88.9 Å². The van der Waals surface area contributed by atoms with Gasteiger partial charge in [-0.15, -0.1) is 0 Å². The summed E-state index contributed by atoms with van der Waals surface area (Å²) in [6.07, 6.45) is 1.38. The Morgan fingerprint density at radius 2 is 1.56 bits per heavy atom. The fourth-order valence-electron chi connectivity index (χ4n) is 4.20. The number of anilines is 2. The van der Waals surface area contributed by atoms with Gasteiger partial charge in [-0.1, -0.05) is 41.9 Å². The molecule has 1 aliphatic rings. The number of thiocarbonyl (C=S) groups is 1. The van der Waals surface area contributed by atoms with Crippen LogP contribution in [0, 0.1) is 13.8 Å². The smallest absolute Gasteiger partial charge is 0.337 e. The lowest BCUT2D eigenvalue weighted by molar-refractivity contribution is -0.120. The van der Waals surface area contributed by atoms with Gasteiger partial charge >= 0.3 is 5.97 Å². The number of carboxylic acid groups (broad SMARTS) is 1. The van der Waals surface area contributed by atoms with Crippen LogP contribution in [0.1, 0.15) is 27.2 Å². The Morgan fingerprint density at radius 1 is 0.872 bits per heavy atom. The van der Waals surface area contributed by atoms with E-state index >= 15 is 0 Å². The summed E-state index contributed by atoms with van der Waals surface area (Å²) in [4.78, 5) is 41.4. The second-order valence-corrected chi connectivity index (χ2v) is 9.70. The van der Waals surface area contributed by atoms with E-state index in [4.69, 9.17) is 28.2 Å². The summed E-state index contributed by atoms with van der Waals surface area (Å²) in [7, 11) is 0. The number of carboxylic acids is 1. The molecule has 2 amide bonds. The minimum atomic E-state index is -1.14. The van der Waals surface area contributed by atoms with Crippen LogP contribution in [0.4, 0.5) is 11.4 Å². The summed E-state index contributed by atoms with van der Waals surface area (Å²) in [5, 5.41) is 9.33. The first kappa shape index (κ1) is 26.1. The normalized spacial score (nSPS) is 14.8. The number of aryl methyl sites for hydroxylation is 2. The number of amides is 2. The van der Waals surface area contributed by atoms with Gasteiger partial charge < -0.3 is 9.52 Å². The monoisotopic (exact) mass is 556 g/mol. The fraction of sp³-hybridized carbons (Fsp3) is 0.0667. The molecule has 194 valence electrons. The Kier molecular flexibility index (Phi) is 6.91. The standard InChI is InChI=1S/C30H21ClN2O5S/c1-17-8-10-21(14-18(17)2)33-28(35)24(27(34)32(30(33)39)20-6-4-3-5-7-20)16-22-11-13-26(38-22)19-9-12-23(29(36)37)25(31)15-19/h3-16H,1-2H3,(H,36,37)/b24-16-. The van der Waals surface area contributed by atoms with Crippen molar-refractivity contribution in [3.05, 3.63) is 112 Å². The number of para-hydroxylation sites is 1. The third-order valence-corrected chi connectivity index (χ3v) is 7.09. The number of rotatable bonds is 5. The molecule has 0 saturated carbocycles. The predicted octanol–water partition coefficient (Wildman–Crippen LogP) is 6.66. The van der Waals surface area contributed by atoms with E-state index in [-0.39, 0.29) is 27.0 Å². The van der Waals surface area contributed by atoms with Gasteiger partial charge in [0.1, 0.15) is 17.1 Å². The third-order valence-electron chi connectivity index (χ3n) is 6.41. The number of hydrogen-bond donors (Lipinski definition) is 1. The Morgan fingerprint density at radius 3 is 2.21 bits per heavy atom. The van der Waals surface area contributed by atoms with Crippen molar-refractivity contribution < 1.29 is 23.9 Å². The predicted molar refractivity (Wildman–Crippen MR) is 154 cm³/mol. The van der Waals surface area contributed by atoms with E-state index in [1.54, 1.807) is 48.5 Å². The van der Waals surface area contributed by atoms with Gasteiger partial charge in [-0.3, -0.25) is 19.4 Å². The van der Waals surface area contributed by atoms with Crippen LogP contribution < -0.4 is 9.80 Å². The van der Waals surface area contributed by atoms with Gasteiger partial charge in [0.15, 0.2) is 5.11 Å². The summed E-state index contributed by atoms with van der Waals surface area (Å²) in [5.41, 5.74) is 3.47. The molecule has 7 nitrogen and oxygen atoms in total. The summed E-state index contributed by atoms with van der Waals surface area (Å²) in [5.74, 6) is -1.66. The van der Waals surface area contributed by atoms with Crippen LogP contribution in [0.25, 0.3) is 17.4 Å². The lowest BCUT2D eigenvalue weighted by atomic mass is 10.1. The quantitative estimate of drug-likeness (QED) is 0.168. The average molecular weight is 557 g/mol. The molecule has 1 N–H and O–H groups in total. The topological polar surface area (TPSA) is 91.1 Å². The van der Waals surface area contributed by atoms with Crippen molar-refractivity contribution >= 4 is 64.2 Å². The zero-order valence-electron chi connectivity index (χ0n) is 20.8. The number of benzene rings is 3. The number of halogens is 1. The van der Waals surface area contributed by atoms with E-state index in [1.165, 1.54) is 28.0 Å². The highest BCUT2D eigenvalue weighted by Gasteiger charge is 2.41. The van der Waals surface area contributed by atoms with Crippen molar-refractivity contribution in [2.75, 3.05) is 9.80 Å². The van der Waals surface area contributed by atoms with Crippen LogP contribution in [0.5, 0.6) is 0 Å². The molecule has 3 aromatic carbocycles. The molecular formula is C30H21ClN2O5S. The van der Waals surface area contributed by atoms with Gasteiger partial charge in [-0.05, 0) is 91.8 Å². The second kappa shape index (κ2) is 10.3. The maximum Gasteiger partial charge on any atom is 0.337 e. The lowest BCUT2D eigenvalue weighted by Crippen LogP contribution is -2.57. The van der Waals surface area contributed by atoms with Gasteiger partial charge in [0.05, 0.1) is 22.0 Å². The molecule has 0 aliphatic carbocycles. The Hall–Kier alpha value is -4.53. The van der Waals surface area contributed by atoms with Crippen molar-refractivity contribution in [1.29, 1.82) is 0 Å². The van der Waals surface area contributed by atoms with Crippen molar-refractivity contribution in [3.8, 4) is 11.3 Å². The second-order valence-electron chi connectivity index (χ2n) is 8.93. The molecule has 0 atom stereocenters. The number of carbonyl (C=O) groups is 3.